The van der Waals surface area contributed by atoms with E-state index in [0.717, 1.165) is 25.3 Å². The second-order valence-corrected chi connectivity index (χ2v) is 3.36. The molecule has 0 atom stereocenters. The third-order valence-electron chi connectivity index (χ3n) is 2.07. The van der Waals surface area contributed by atoms with Crippen LogP contribution < -0.4 is 0 Å². The lowest BCUT2D eigenvalue weighted by molar-refractivity contribution is 0.509. The van der Waals surface area contributed by atoms with Gasteiger partial charge in [0.2, 0.25) is 0 Å². The fourth-order valence-corrected chi connectivity index (χ4v) is 1.53. The Morgan fingerprint density at radius 2 is 2.20 bits per heavy atom. The van der Waals surface area contributed by atoms with Gasteiger partial charge in [-0.05, 0) is 6.42 Å². The van der Waals surface area contributed by atoms with Gasteiger partial charge in [-0.2, -0.15) is 0 Å². The van der Waals surface area contributed by atoms with Gasteiger partial charge in [0.1, 0.15) is 12.2 Å². The number of alkyl halides is 1. The first-order valence-electron chi connectivity index (χ1n) is 4.67. The Morgan fingerprint density at radius 3 is 2.93 bits per heavy atom. The third kappa shape index (κ3) is 2.53. The van der Waals surface area contributed by atoms with E-state index in [4.69, 9.17) is 11.6 Å². The van der Waals surface area contributed by atoms with Crippen LogP contribution >= 0.6 is 11.6 Å². The molecule has 0 fully saturated rings. The lowest BCUT2D eigenvalue weighted by Crippen LogP contribution is -2.06. The molecule has 80 valence electrons. The minimum Gasteiger partial charge on any atom is -0.317 e. The number of hydrogen-bond acceptors (Lipinski definition) is 4. The Kier molecular flexibility index (Phi) is 3.29. The molecular weight excluding hydrogens is 216 g/mol. The minimum absolute atomic E-state index is 0.392. The van der Waals surface area contributed by atoms with Crippen molar-refractivity contribution in [1.29, 1.82) is 0 Å². The van der Waals surface area contributed by atoms with Crippen LogP contribution in [0.25, 0.3) is 0 Å². The monoisotopic (exact) mass is 226 g/mol. The van der Waals surface area contributed by atoms with Crippen molar-refractivity contribution in [3.05, 3.63) is 24.5 Å². The molecule has 0 unspecified atom stereocenters. The van der Waals surface area contributed by atoms with Crippen LogP contribution in [0, 0.1) is 0 Å². The van der Waals surface area contributed by atoms with Gasteiger partial charge in [-0.15, -0.1) is 26.9 Å². The van der Waals surface area contributed by atoms with Gasteiger partial charge in [0.05, 0.1) is 12.1 Å². The normalized spacial score (nSPS) is 10.7. The van der Waals surface area contributed by atoms with Crippen molar-refractivity contribution in [2.45, 2.75) is 25.4 Å². The quantitative estimate of drug-likeness (QED) is 0.704. The zero-order valence-corrected chi connectivity index (χ0v) is 8.88. The van der Waals surface area contributed by atoms with E-state index in [0.29, 0.717) is 5.88 Å². The molecule has 0 aliphatic rings. The lowest BCUT2D eigenvalue weighted by atomic mass is 10.4. The summed E-state index contributed by atoms with van der Waals surface area (Å²) in [6.07, 6.45) is 6.15. The summed E-state index contributed by atoms with van der Waals surface area (Å²) in [7, 11) is 0. The van der Waals surface area contributed by atoms with Crippen molar-refractivity contribution in [2.24, 2.45) is 0 Å². The summed E-state index contributed by atoms with van der Waals surface area (Å²) in [5, 5.41) is 15.3. The van der Waals surface area contributed by atoms with Crippen molar-refractivity contribution < 1.29 is 0 Å². The van der Waals surface area contributed by atoms with E-state index in [1.54, 1.807) is 17.2 Å². The van der Waals surface area contributed by atoms with E-state index < -0.39 is 0 Å². The van der Waals surface area contributed by atoms with Gasteiger partial charge in [-0.1, -0.05) is 5.21 Å². The van der Waals surface area contributed by atoms with Crippen molar-refractivity contribution in [3.8, 4) is 0 Å². The summed E-state index contributed by atoms with van der Waals surface area (Å²) in [6.45, 7) is 1.68. The Balaban J connectivity index is 1.83. The molecule has 2 heterocycles. The van der Waals surface area contributed by atoms with Crippen molar-refractivity contribution in [3.63, 3.8) is 0 Å². The second kappa shape index (κ2) is 4.88. The minimum atomic E-state index is 0.392. The average Bonchev–Trinajstić information content (AvgIpc) is 2.88. The molecule has 6 nitrogen and oxygen atoms in total. The summed E-state index contributed by atoms with van der Waals surface area (Å²) in [4.78, 5) is 0. The maximum absolute atomic E-state index is 5.70. The maximum atomic E-state index is 5.70. The first-order valence-corrected chi connectivity index (χ1v) is 5.20. The van der Waals surface area contributed by atoms with Crippen LogP contribution in [0.15, 0.2) is 18.7 Å². The number of nitrogens with zero attached hydrogens (tertiary/aromatic N) is 6. The molecule has 0 aliphatic carbocycles. The fraction of sp³-hybridized carbons (Fsp3) is 0.500. The summed E-state index contributed by atoms with van der Waals surface area (Å²) in [5.74, 6) is 1.19. The van der Waals surface area contributed by atoms with Gasteiger partial charge in [0.25, 0.3) is 0 Å². The number of hydrogen-bond donors (Lipinski definition) is 0. The van der Waals surface area contributed by atoms with Crippen LogP contribution in [0.5, 0.6) is 0 Å². The molecule has 0 spiro atoms. The largest absolute Gasteiger partial charge is 0.317 e. The summed E-state index contributed by atoms with van der Waals surface area (Å²) >= 11 is 5.70. The van der Waals surface area contributed by atoms with Crippen molar-refractivity contribution in [2.75, 3.05) is 0 Å². The summed E-state index contributed by atoms with van der Waals surface area (Å²) in [5.41, 5.74) is 0. The highest BCUT2D eigenvalue weighted by Crippen LogP contribution is 2.01. The van der Waals surface area contributed by atoms with E-state index in [1.165, 1.54) is 0 Å². The highest BCUT2D eigenvalue weighted by molar-refractivity contribution is 6.16. The first kappa shape index (κ1) is 10.1. The maximum Gasteiger partial charge on any atom is 0.147 e. The van der Waals surface area contributed by atoms with Gasteiger partial charge in [-0.3, -0.25) is 4.68 Å². The van der Waals surface area contributed by atoms with E-state index >= 15 is 0 Å². The second-order valence-electron chi connectivity index (χ2n) is 3.09. The lowest BCUT2D eigenvalue weighted by Gasteiger charge is -2.03. The molecule has 2 rings (SSSR count). The number of aromatic nitrogens is 6. The molecule has 0 saturated heterocycles. The van der Waals surface area contributed by atoms with E-state index in [-0.39, 0.29) is 0 Å². The highest BCUT2D eigenvalue weighted by atomic mass is 35.5. The first-order chi connectivity index (χ1) is 7.40. The van der Waals surface area contributed by atoms with Crippen LogP contribution in [-0.4, -0.2) is 29.8 Å². The zero-order chi connectivity index (χ0) is 10.5. The Hall–Kier alpha value is -1.43. The van der Waals surface area contributed by atoms with Crippen molar-refractivity contribution >= 4 is 11.6 Å². The standard InChI is InChI=1S/C8H11ClN6/c9-6-8-12-11-7-14(8)3-1-4-15-5-2-10-13-15/h2,5,7H,1,3-4,6H2. The molecule has 2 aromatic rings. The number of aryl methyl sites for hydroxylation is 2. The molecule has 2 aromatic heterocycles. The molecule has 0 N–H and O–H groups in total. The SMILES string of the molecule is ClCc1nncn1CCCn1ccnn1. The fourth-order valence-electron chi connectivity index (χ4n) is 1.32. The van der Waals surface area contributed by atoms with E-state index in [2.05, 4.69) is 20.5 Å². The molecule has 7 heteroatoms. The third-order valence-corrected chi connectivity index (χ3v) is 2.31. The predicted octanol–water partition coefficient (Wildman–Crippen LogP) is 0.699. The molecule has 0 aliphatic heterocycles. The molecule has 0 amide bonds. The van der Waals surface area contributed by atoms with Crippen LogP contribution in [-0.2, 0) is 19.0 Å². The van der Waals surface area contributed by atoms with Gasteiger partial charge >= 0.3 is 0 Å². The molecule has 0 bridgehead atoms. The van der Waals surface area contributed by atoms with Crippen molar-refractivity contribution in [1.82, 2.24) is 29.8 Å². The van der Waals surface area contributed by atoms with E-state index in [9.17, 15) is 0 Å². The van der Waals surface area contributed by atoms with Gasteiger partial charge in [-0.25, -0.2) is 0 Å². The molecule has 0 radical (unpaired) electrons. The average molecular weight is 227 g/mol. The van der Waals surface area contributed by atoms with Gasteiger partial charge in [0.15, 0.2) is 0 Å². The smallest absolute Gasteiger partial charge is 0.147 e. The molecule has 0 aromatic carbocycles. The highest BCUT2D eigenvalue weighted by Gasteiger charge is 2.01. The molecule has 15 heavy (non-hydrogen) atoms. The Labute approximate surface area is 91.9 Å². The summed E-state index contributed by atoms with van der Waals surface area (Å²) in [6, 6.07) is 0. The van der Waals surface area contributed by atoms with Gasteiger partial charge < -0.3 is 4.57 Å². The predicted molar refractivity (Wildman–Crippen MR) is 54.2 cm³/mol. The Bertz CT molecular complexity index is 395. The summed E-state index contributed by atoms with van der Waals surface area (Å²) < 4.78 is 3.74. The van der Waals surface area contributed by atoms with Crippen LogP contribution in [0.1, 0.15) is 12.2 Å². The Morgan fingerprint density at radius 1 is 1.27 bits per heavy atom. The zero-order valence-electron chi connectivity index (χ0n) is 8.12. The van der Waals surface area contributed by atoms with Crippen LogP contribution in [0.2, 0.25) is 0 Å². The topological polar surface area (TPSA) is 61.4 Å². The number of halogens is 1. The van der Waals surface area contributed by atoms with E-state index in [1.807, 2.05) is 10.8 Å². The molecular formula is C8H11ClN6. The number of rotatable bonds is 5. The molecule has 0 saturated carbocycles. The van der Waals surface area contributed by atoms with Crippen LogP contribution in [0.3, 0.4) is 0 Å². The van der Waals surface area contributed by atoms with Crippen LogP contribution in [0.4, 0.5) is 0 Å². The van der Waals surface area contributed by atoms with Gasteiger partial charge in [0, 0.05) is 19.3 Å².